The first-order valence-corrected chi connectivity index (χ1v) is 2.72. The Labute approximate surface area is 63.3 Å². The molecule has 11 heavy (non-hydrogen) atoms. The Bertz CT molecular complexity index is 211. The highest BCUT2D eigenvalue weighted by atomic mass is 19.1. The Morgan fingerprint density at radius 3 is 1.82 bits per heavy atom. The second-order valence-electron chi connectivity index (χ2n) is 1.83. The van der Waals surface area contributed by atoms with E-state index < -0.39 is 24.2 Å². The molecular formula is C6H7BF2O2. The van der Waals surface area contributed by atoms with Crippen molar-refractivity contribution in [1.82, 2.24) is 0 Å². The minimum absolute atomic E-state index is 0.562. The Morgan fingerprint density at radius 2 is 1.73 bits per heavy atom. The molecule has 0 aromatic heterocycles. The molecule has 60 valence electrons. The largest absolute Gasteiger partial charge is 0.491 e. The van der Waals surface area contributed by atoms with Crippen molar-refractivity contribution in [3.63, 3.8) is 0 Å². The molecule has 0 saturated heterocycles. The molecule has 2 N–H and O–H groups in total. The predicted octanol–water partition coefficient (Wildman–Crippen LogP) is 0.891. The van der Waals surface area contributed by atoms with E-state index in [1.54, 1.807) is 0 Å². The van der Waals surface area contributed by atoms with Crippen molar-refractivity contribution >= 4 is 7.12 Å². The van der Waals surface area contributed by atoms with Crippen LogP contribution in [0.4, 0.5) is 8.78 Å². The highest BCUT2D eigenvalue weighted by molar-refractivity contribution is 6.52. The highest BCUT2D eigenvalue weighted by Gasteiger charge is 2.17. The minimum atomic E-state index is -2.07. The molecule has 0 saturated carbocycles. The Balaban J connectivity index is 4.60. The zero-order valence-corrected chi connectivity index (χ0v) is 5.72. The van der Waals surface area contributed by atoms with Gasteiger partial charge in [0.25, 0.3) is 0 Å². The Hall–Kier alpha value is -0.935. The van der Waals surface area contributed by atoms with Gasteiger partial charge in [-0.2, -0.15) is 0 Å². The molecular weight excluding hydrogens is 153 g/mol. The quantitative estimate of drug-likeness (QED) is 0.475. The molecule has 0 aliphatic heterocycles. The molecule has 0 aliphatic carbocycles. The summed E-state index contributed by atoms with van der Waals surface area (Å²) in [6.45, 7) is 5.55. The van der Waals surface area contributed by atoms with Crippen LogP contribution in [-0.4, -0.2) is 17.2 Å². The molecule has 0 amide bonds. The smallest absolute Gasteiger partial charge is 0.423 e. The molecule has 5 heteroatoms. The summed E-state index contributed by atoms with van der Waals surface area (Å²) in [6, 6.07) is 0. The molecule has 0 radical (unpaired) electrons. The second-order valence-corrected chi connectivity index (χ2v) is 1.83. The van der Waals surface area contributed by atoms with E-state index in [1.165, 1.54) is 0 Å². The average Bonchev–Trinajstić information content (AvgIpc) is 1.81. The summed E-state index contributed by atoms with van der Waals surface area (Å²) >= 11 is 0. The van der Waals surface area contributed by atoms with E-state index in [2.05, 4.69) is 13.2 Å². The number of rotatable bonds is 3. The van der Waals surface area contributed by atoms with Crippen LogP contribution in [0.5, 0.6) is 0 Å². The highest BCUT2D eigenvalue weighted by Crippen LogP contribution is 2.12. The van der Waals surface area contributed by atoms with Gasteiger partial charge in [-0.15, -0.1) is 0 Å². The predicted molar refractivity (Wildman–Crippen MR) is 38.8 cm³/mol. The monoisotopic (exact) mass is 160 g/mol. The minimum Gasteiger partial charge on any atom is -0.423 e. The fraction of sp³-hybridized carbons (Fsp3) is 0. The van der Waals surface area contributed by atoms with Gasteiger partial charge in [0.05, 0.1) is 0 Å². The van der Waals surface area contributed by atoms with E-state index in [1.807, 2.05) is 0 Å². The fourth-order valence-corrected chi connectivity index (χ4v) is 0.462. The Morgan fingerprint density at radius 1 is 1.27 bits per heavy atom. The third kappa shape index (κ3) is 3.70. The van der Waals surface area contributed by atoms with Gasteiger partial charge in [-0.25, -0.2) is 8.78 Å². The summed E-state index contributed by atoms with van der Waals surface area (Å²) in [5.74, 6) is -2.06. The summed E-state index contributed by atoms with van der Waals surface area (Å²) in [6.07, 6.45) is 0.562. The van der Waals surface area contributed by atoms with Crippen molar-refractivity contribution in [2.75, 3.05) is 0 Å². The SMILES string of the molecule is C=C(F)/C=C(/B(O)O)C(=C)F. The normalized spacial score (nSPS) is 11.1. The van der Waals surface area contributed by atoms with Crippen LogP contribution in [0.1, 0.15) is 0 Å². The maximum absolute atomic E-state index is 12.2. The third-order valence-electron chi connectivity index (χ3n) is 0.904. The lowest BCUT2D eigenvalue weighted by Gasteiger charge is -1.99. The van der Waals surface area contributed by atoms with Crippen LogP contribution in [0, 0.1) is 0 Å². The molecule has 0 fully saturated rings. The van der Waals surface area contributed by atoms with Crippen molar-refractivity contribution < 1.29 is 18.8 Å². The van der Waals surface area contributed by atoms with Crippen molar-refractivity contribution in [3.05, 3.63) is 36.4 Å². The van der Waals surface area contributed by atoms with Crippen LogP contribution in [0.2, 0.25) is 0 Å². The van der Waals surface area contributed by atoms with Gasteiger partial charge in [0, 0.05) is 5.47 Å². The van der Waals surface area contributed by atoms with E-state index in [0.29, 0.717) is 6.08 Å². The number of allylic oxidation sites excluding steroid dienone is 4. The molecule has 0 rings (SSSR count). The van der Waals surface area contributed by atoms with Crippen LogP contribution < -0.4 is 0 Å². The van der Waals surface area contributed by atoms with Gasteiger partial charge >= 0.3 is 7.12 Å². The molecule has 0 unspecified atom stereocenters. The molecule has 0 aromatic rings. The lowest BCUT2D eigenvalue weighted by molar-refractivity contribution is 0.416. The average molecular weight is 160 g/mol. The lowest BCUT2D eigenvalue weighted by Crippen LogP contribution is -2.15. The number of hydrogen-bond donors (Lipinski definition) is 2. The van der Waals surface area contributed by atoms with Gasteiger partial charge in [0.15, 0.2) is 0 Å². The van der Waals surface area contributed by atoms with Gasteiger partial charge in [0.2, 0.25) is 0 Å². The lowest BCUT2D eigenvalue weighted by atomic mass is 9.78. The molecule has 0 aromatic carbocycles. The molecule has 0 atom stereocenters. The summed E-state index contributed by atoms with van der Waals surface area (Å²) in [5.41, 5.74) is -0.627. The Kier molecular flexibility index (Phi) is 3.71. The molecule has 0 aliphatic rings. The van der Waals surface area contributed by atoms with Gasteiger partial charge < -0.3 is 10.0 Å². The number of halogens is 2. The van der Waals surface area contributed by atoms with Crippen LogP contribution in [0.3, 0.4) is 0 Å². The zero-order chi connectivity index (χ0) is 9.02. The van der Waals surface area contributed by atoms with Crippen LogP contribution in [-0.2, 0) is 0 Å². The van der Waals surface area contributed by atoms with Crippen LogP contribution >= 0.6 is 0 Å². The zero-order valence-electron chi connectivity index (χ0n) is 5.72. The first-order valence-electron chi connectivity index (χ1n) is 2.72. The second kappa shape index (κ2) is 4.05. The maximum Gasteiger partial charge on any atom is 0.491 e. The topological polar surface area (TPSA) is 40.5 Å². The van der Waals surface area contributed by atoms with E-state index in [0.717, 1.165) is 0 Å². The number of hydrogen-bond acceptors (Lipinski definition) is 2. The maximum atomic E-state index is 12.2. The molecule has 0 spiro atoms. The van der Waals surface area contributed by atoms with Crippen molar-refractivity contribution in [2.45, 2.75) is 0 Å². The van der Waals surface area contributed by atoms with Crippen LogP contribution in [0.25, 0.3) is 0 Å². The standard InChI is InChI=1S/C6H7BF2O2/c1-4(8)3-6(5(2)9)7(10)11/h3,10-11H,1-2H2/b6-3+. The fourth-order valence-electron chi connectivity index (χ4n) is 0.462. The van der Waals surface area contributed by atoms with E-state index in [4.69, 9.17) is 10.0 Å². The molecule has 2 nitrogen and oxygen atoms in total. The van der Waals surface area contributed by atoms with E-state index in [9.17, 15) is 8.78 Å². The molecule has 0 bridgehead atoms. The van der Waals surface area contributed by atoms with Crippen molar-refractivity contribution in [1.29, 1.82) is 0 Å². The van der Waals surface area contributed by atoms with Crippen LogP contribution in [0.15, 0.2) is 36.4 Å². The van der Waals surface area contributed by atoms with Crippen molar-refractivity contribution in [3.8, 4) is 0 Å². The summed E-state index contributed by atoms with van der Waals surface area (Å²) in [5, 5.41) is 16.8. The first-order chi connectivity index (χ1) is 4.95. The van der Waals surface area contributed by atoms with Crippen molar-refractivity contribution in [2.24, 2.45) is 0 Å². The van der Waals surface area contributed by atoms with Gasteiger partial charge in [-0.3, -0.25) is 0 Å². The van der Waals surface area contributed by atoms with E-state index >= 15 is 0 Å². The first kappa shape index (κ1) is 10.1. The summed E-state index contributed by atoms with van der Waals surface area (Å²) in [7, 11) is -2.07. The third-order valence-corrected chi connectivity index (χ3v) is 0.904. The summed E-state index contributed by atoms with van der Waals surface area (Å²) < 4.78 is 24.2. The molecule has 0 heterocycles. The van der Waals surface area contributed by atoms with Gasteiger partial charge in [-0.05, 0) is 6.08 Å². The van der Waals surface area contributed by atoms with Gasteiger partial charge in [-0.1, -0.05) is 13.2 Å². The van der Waals surface area contributed by atoms with E-state index in [-0.39, 0.29) is 0 Å². The summed E-state index contributed by atoms with van der Waals surface area (Å²) in [4.78, 5) is 0. The van der Waals surface area contributed by atoms with Gasteiger partial charge in [0.1, 0.15) is 11.7 Å².